The van der Waals surface area contributed by atoms with E-state index in [0.717, 1.165) is 36.5 Å². The van der Waals surface area contributed by atoms with Crippen LogP contribution in [0.5, 0.6) is 0 Å². The van der Waals surface area contributed by atoms with Crippen molar-refractivity contribution in [2.75, 3.05) is 43.9 Å². The van der Waals surface area contributed by atoms with Crippen molar-refractivity contribution in [3.63, 3.8) is 0 Å². The summed E-state index contributed by atoms with van der Waals surface area (Å²) in [5.41, 5.74) is 1.05. The molecule has 0 bridgehead atoms. The molecule has 0 amide bonds. The molecule has 2 aliphatic heterocycles. The van der Waals surface area contributed by atoms with E-state index >= 15 is 0 Å². The molecule has 4 nitrogen and oxygen atoms in total. The van der Waals surface area contributed by atoms with E-state index in [1.165, 1.54) is 51.6 Å². The first-order valence-corrected chi connectivity index (χ1v) is 12.0. The van der Waals surface area contributed by atoms with Crippen molar-refractivity contribution < 1.29 is 8.42 Å². The summed E-state index contributed by atoms with van der Waals surface area (Å²) in [6.45, 7) is 10.5. The summed E-state index contributed by atoms with van der Waals surface area (Å²) in [6.07, 6.45) is 6.39. The molecular formula is C21H34N2O2S. The van der Waals surface area contributed by atoms with Gasteiger partial charge in [0.2, 0.25) is 0 Å². The molecule has 5 heteroatoms. The van der Waals surface area contributed by atoms with Crippen LogP contribution in [0.15, 0.2) is 29.2 Å². The molecule has 0 atom stereocenters. The Kier molecular flexibility index (Phi) is 6.29. The quantitative estimate of drug-likeness (QED) is 0.784. The van der Waals surface area contributed by atoms with Crippen LogP contribution in [-0.2, 0) is 9.84 Å². The molecule has 3 rings (SSSR count). The minimum atomic E-state index is -3.14. The lowest BCUT2D eigenvalue weighted by Crippen LogP contribution is -2.42. The van der Waals surface area contributed by atoms with Crippen LogP contribution in [0.1, 0.15) is 39.5 Å². The molecule has 2 saturated heterocycles. The molecule has 0 aliphatic carbocycles. The molecule has 0 spiro atoms. The van der Waals surface area contributed by atoms with Crippen molar-refractivity contribution in [2.24, 2.45) is 17.8 Å². The van der Waals surface area contributed by atoms with Gasteiger partial charge in [-0.15, -0.1) is 0 Å². The topological polar surface area (TPSA) is 40.6 Å². The van der Waals surface area contributed by atoms with Gasteiger partial charge in [-0.2, -0.15) is 0 Å². The average molecular weight is 379 g/mol. The number of hydrogen-bond acceptors (Lipinski definition) is 4. The van der Waals surface area contributed by atoms with Gasteiger partial charge < -0.3 is 9.80 Å². The van der Waals surface area contributed by atoms with Crippen molar-refractivity contribution in [2.45, 2.75) is 44.4 Å². The van der Waals surface area contributed by atoms with Gasteiger partial charge in [0, 0.05) is 31.6 Å². The van der Waals surface area contributed by atoms with Gasteiger partial charge in [0.15, 0.2) is 9.84 Å². The van der Waals surface area contributed by atoms with E-state index in [4.69, 9.17) is 0 Å². The Labute approximate surface area is 159 Å². The predicted octanol–water partition coefficient (Wildman–Crippen LogP) is 3.67. The number of hydrogen-bond donors (Lipinski definition) is 0. The summed E-state index contributed by atoms with van der Waals surface area (Å²) in [6, 6.07) is 7.40. The van der Waals surface area contributed by atoms with Gasteiger partial charge in [-0.25, -0.2) is 8.42 Å². The van der Waals surface area contributed by atoms with Gasteiger partial charge in [-0.1, -0.05) is 19.9 Å². The Hall–Kier alpha value is -1.07. The molecule has 0 N–H and O–H groups in total. The monoisotopic (exact) mass is 378 g/mol. The van der Waals surface area contributed by atoms with E-state index in [1.807, 2.05) is 18.2 Å². The minimum absolute atomic E-state index is 0.421. The summed E-state index contributed by atoms with van der Waals surface area (Å²) in [5.74, 6) is 2.51. The highest BCUT2D eigenvalue weighted by atomic mass is 32.2. The van der Waals surface area contributed by atoms with E-state index in [-0.39, 0.29) is 0 Å². The lowest BCUT2D eigenvalue weighted by Gasteiger charge is -2.39. The van der Waals surface area contributed by atoms with E-state index in [2.05, 4.69) is 23.6 Å². The predicted molar refractivity (Wildman–Crippen MR) is 108 cm³/mol. The Morgan fingerprint density at radius 3 is 2.27 bits per heavy atom. The van der Waals surface area contributed by atoms with Crippen LogP contribution in [0.4, 0.5) is 5.69 Å². The largest absolute Gasteiger partial charge is 0.371 e. The summed E-state index contributed by atoms with van der Waals surface area (Å²) >= 11 is 0. The lowest BCUT2D eigenvalue weighted by molar-refractivity contribution is 0.132. The molecule has 2 fully saturated rings. The first-order valence-electron chi connectivity index (χ1n) is 10.1. The molecular weight excluding hydrogens is 344 g/mol. The van der Waals surface area contributed by atoms with Crippen molar-refractivity contribution in [1.29, 1.82) is 0 Å². The molecule has 0 unspecified atom stereocenters. The maximum absolute atomic E-state index is 11.8. The zero-order valence-electron chi connectivity index (χ0n) is 16.5. The molecule has 1 aromatic rings. The van der Waals surface area contributed by atoms with Gasteiger partial charge in [0.05, 0.1) is 4.90 Å². The molecule has 1 aromatic carbocycles. The van der Waals surface area contributed by atoms with E-state index in [9.17, 15) is 8.42 Å². The third-order valence-corrected chi connectivity index (χ3v) is 7.43. The van der Waals surface area contributed by atoms with E-state index < -0.39 is 9.84 Å². The van der Waals surface area contributed by atoms with Gasteiger partial charge in [0.1, 0.15) is 0 Å². The molecule has 2 aliphatic rings. The van der Waals surface area contributed by atoms with Gasteiger partial charge >= 0.3 is 0 Å². The second-order valence-electron chi connectivity index (χ2n) is 8.58. The number of rotatable bonds is 5. The molecule has 146 valence electrons. The SMILES string of the molecule is CC(C)C1CCN(CC2CCN(c3cccc(S(C)(=O)=O)c3)CC2)CC1. The number of anilines is 1. The fourth-order valence-corrected chi connectivity index (χ4v) is 5.11. The Morgan fingerprint density at radius 2 is 1.69 bits per heavy atom. The highest BCUT2D eigenvalue weighted by Gasteiger charge is 2.26. The van der Waals surface area contributed by atoms with Crippen LogP contribution < -0.4 is 4.90 Å². The summed E-state index contributed by atoms with van der Waals surface area (Å²) in [7, 11) is -3.14. The average Bonchev–Trinajstić information content (AvgIpc) is 2.62. The van der Waals surface area contributed by atoms with Crippen molar-refractivity contribution >= 4 is 15.5 Å². The molecule has 0 radical (unpaired) electrons. The first-order chi connectivity index (χ1) is 12.3. The van der Waals surface area contributed by atoms with Crippen LogP contribution in [-0.4, -0.2) is 52.3 Å². The van der Waals surface area contributed by atoms with Gasteiger partial charge in [-0.05, 0) is 74.7 Å². The number of nitrogens with zero attached hydrogens (tertiary/aromatic N) is 2. The molecule has 0 aromatic heterocycles. The third kappa shape index (κ3) is 5.01. The van der Waals surface area contributed by atoms with Crippen LogP contribution >= 0.6 is 0 Å². The molecule has 0 saturated carbocycles. The maximum Gasteiger partial charge on any atom is 0.175 e. The standard InChI is InChI=1S/C21H34N2O2S/c1-17(2)19-9-11-22(12-10-19)16-18-7-13-23(14-8-18)20-5-4-6-21(15-20)26(3,24)25/h4-6,15,17-19H,7-14,16H2,1-3H3. The zero-order valence-corrected chi connectivity index (χ0v) is 17.3. The fourth-order valence-electron chi connectivity index (χ4n) is 4.45. The number of sulfone groups is 1. The van der Waals surface area contributed by atoms with Crippen LogP contribution in [0.3, 0.4) is 0 Å². The van der Waals surface area contributed by atoms with Crippen LogP contribution in [0.2, 0.25) is 0 Å². The minimum Gasteiger partial charge on any atom is -0.371 e. The Morgan fingerprint density at radius 1 is 1.04 bits per heavy atom. The highest BCUT2D eigenvalue weighted by Crippen LogP contribution is 2.28. The van der Waals surface area contributed by atoms with Crippen molar-refractivity contribution in [3.8, 4) is 0 Å². The number of likely N-dealkylation sites (tertiary alicyclic amines) is 1. The molecule has 2 heterocycles. The second-order valence-corrected chi connectivity index (χ2v) is 10.6. The van der Waals surface area contributed by atoms with E-state index in [0.29, 0.717) is 4.90 Å². The summed E-state index contributed by atoms with van der Waals surface area (Å²) in [4.78, 5) is 5.43. The maximum atomic E-state index is 11.8. The van der Waals surface area contributed by atoms with Crippen molar-refractivity contribution in [3.05, 3.63) is 24.3 Å². The number of benzene rings is 1. The normalized spacial score (nSPS) is 21.5. The second kappa shape index (κ2) is 8.30. The Balaban J connectivity index is 1.49. The smallest absolute Gasteiger partial charge is 0.175 e. The molecule has 26 heavy (non-hydrogen) atoms. The number of piperidine rings is 2. The van der Waals surface area contributed by atoms with Gasteiger partial charge in [-0.3, -0.25) is 0 Å². The Bertz CT molecular complexity index is 686. The lowest BCUT2D eigenvalue weighted by atomic mass is 9.86. The van der Waals surface area contributed by atoms with Crippen molar-refractivity contribution in [1.82, 2.24) is 4.90 Å². The van der Waals surface area contributed by atoms with Crippen LogP contribution in [0, 0.1) is 17.8 Å². The fraction of sp³-hybridized carbons (Fsp3) is 0.714. The first kappa shape index (κ1) is 19.7. The van der Waals surface area contributed by atoms with Crippen LogP contribution in [0.25, 0.3) is 0 Å². The highest BCUT2D eigenvalue weighted by molar-refractivity contribution is 7.90. The zero-order chi connectivity index (χ0) is 18.7. The summed E-state index contributed by atoms with van der Waals surface area (Å²) in [5, 5.41) is 0. The van der Waals surface area contributed by atoms with Gasteiger partial charge in [0.25, 0.3) is 0 Å². The van der Waals surface area contributed by atoms with E-state index in [1.54, 1.807) is 6.07 Å². The summed E-state index contributed by atoms with van der Waals surface area (Å²) < 4.78 is 23.6. The third-order valence-electron chi connectivity index (χ3n) is 6.32.